The Kier molecular flexibility index (Phi) is 7.00. The van der Waals surface area contributed by atoms with Crippen LogP contribution in [0, 0.1) is 5.92 Å². The topological polar surface area (TPSA) is 117 Å². The highest BCUT2D eigenvalue weighted by Crippen LogP contribution is 2.31. The third-order valence-corrected chi connectivity index (χ3v) is 4.22. The van der Waals surface area contributed by atoms with Gasteiger partial charge < -0.3 is 30.1 Å². The van der Waals surface area contributed by atoms with E-state index in [2.05, 4.69) is 10.6 Å². The smallest absolute Gasteiger partial charge is 0.337 e. The van der Waals surface area contributed by atoms with Gasteiger partial charge in [-0.25, -0.2) is 4.79 Å². The lowest BCUT2D eigenvalue weighted by Crippen LogP contribution is -2.31. The van der Waals surface area contributed by atoms with Crippen molar-refractivity contribution in [2.24, 2.45) is 5.92 Å². The standard InChI is InChI=1S/C19H25N3O6/c1-11(2)17(24)21-14-6-5-12(27-3)9-15(14)20-16-13(19(26)28-4)10-22(7-8-23)18(16)25/h5-6,9,11,20,23H,7-8,10H2,1-4H3,(H,21,24). The first kappa shape index (κ1) is 21.2. The molecule has 1 aromatic rings. The van der Waals surface area contributed by atoms with Crippen molar-refractivity contribution in [1.82, 2.24) is 4.90 Å². The third kappa shape index (κ3) is 4.61. The van der Waals surface area contributed by atoms with Crippen molar-refractivity contribution in [2.75, 3.05) is 44.5 Å². The van der Waals surface area contributed by atoms with E-state index in [0.717, 1.165) is 0 Å². The molecule has 0 saturated heterocycles. The summed E-state index contributed by atoms with van der Waals surface area (Å²) in [6.07, 6.45) is 0. The predicted octanol–water partition coefficient (Wildman–Crippen LogP) is 0.963. The Balaban J connectivity index is 2.43. The highest BCUT2D eigenvalue weighted by Gasteiger charge is 2.34. The summed E-state index contributed by atoms with van der Waals surface area (Å²) in [6.45, 7) is 3.39. The van der Waals surface area contributed by atoms with E-state index in [1.54, 1.807) is 32.0 Å². The highest BCUT2D eigenvalue weighted by atomic mass is 16.5. The number of hydrogen-bond donors (Lipinski definition) is 3. The number of carbonyl (C=O) groups excluding carboxylic acids is 3. The maximum absolute atomic E-state index is 12.7. The minimum absolute atomic E-state index is 0.0199. The molecule has 2 rings (SSSR count). The molecule has 152 valence electrons. The van der Waals surface area contributed by atoms with E-state index in [9.17, 15) is 14.4 Å². The molecule has 0 bridgehead atoms. The number of esters is 1. The van der Waals surface area contributed by atoms with E-state index in [0.29, 0.717) is 17.1 Å². The largest absolute Gasteiger partial charge is 0.497 e. The monoisotopic (exact) mass is 391 g/mol. The van der Waals surface area contributed by atoms with E-state index in [4.69, 9.17) is 14.6 Å². The van der Waals surface area contributed by atoms with Crippen LogP contribution >= 0.6 is 0 Å². The van der Waals surface area contributed by atoms with Gasteiger partial charge in [0.05, 0.1) is 44.3 Å². The van der Waals surface area contributed by atoms with Crippen LogP contribution in [-0.4, -0.2) is 61.7 Å². The lowest BCUT2D eigenvalue weighted by atomic mass is 10.1. The number of amides is 2. The Morgan fingerprint density at radius 2 is 1.96 bits per heavy atom. The Morgan fingerprint density at radius 3 is 2.54 bits per heavy atom. The zero-order valence-electron chi connectivity index (χ0n) is 16.4. The number of anilines is 2. The van der Waals surface area contributed by atoms with Crippen molar-refractivity contribution < 1.29 is 29.0 Å². The maximum atomic E-state index is 12.7. The molecule has 0 saturated carbocycles. The van der Waals surface area contributed by atoms with Gasteiger partial charge in [0.25, 0.3) is 5.91 Å². The van der Waals surface area contributed by atoms with Crippen LogP contribution in [-0.2, 0) is 19.1 Å². The summed E-state index contributed by atoms with van der Waals surface area (Å²) in [6, 6.07) is 4.93. The van der Waals surface area contributed by atoms with E-state index in [1.165, 1.54) is 19.1 Å². The van der Waals surface area contributed by atoms with Gasteiger partial charge in [0, 0.05) is 18.5 Å². The summed E-state index contributed by atoms with van der Waals surface area (Å²) in [5.74, 6) is -1.03. The Morgan fingerprint density at radius 1 is 1.25 bits per heavy atom. The van der Waals surface area contributed by atoms with Crippen LogP contribution < -0.4 is 15.4 Å². The summed E-state index contributed by atoms with van der Waals surface area (Å²) in [5.41, 5.74) is 1.01. The number of hydrogen-bond acceptors (Lipinski definition) is 7. The number of benzene rings is 1. The second-order valence-electron chi connectivity index (χ2n) is 6.48. The Bertz CT molecular complexity index is 803. The van der Waals surface area contributed by atoms with Crippen LogP contribution in [0.3, 0.4) is 0 Å². The van der Waals surface area contributed by atoms with Gasteiger partial charge in [0.15, 0.2) is 0 Å². The van der Waals surface area contributed by atoms with Gasteiger partial charge in [-0.3, -0.25) is 9.59 Å². The lowest BCUT2D eigenvalue weighted by molar-refractivity contribution is -0.136. The average molecular weight is 391 g/mol. The molecule has 1 aliphatic rings. The first-order valence-corrected chi connectivity index (χ1v) is 8.79. The quantitative estimate of drug-likeness (QED) is 0.565. The number of aliphatic hydroxyl groups is 1. The minimum atomic E-state index is -0.646. The molecule has 0 aromatic heterocycles. The van der Waals surface area contributed by atoms with Crippen LogP contribution in [0.1, 0.15) is 13.8 Å². The van der Waals surface area contributed by atoms with E-state index in [-0.39, 0.29) is 42.8 Å². The molecular weight excluding hydrogens is 366 g/mol. The Labute approximate surface area is 163 Å². The molecule has 9 nitrogen and oxygen atoms in total. The number of aliphatic hydroxyl groups excluding tert-OH is 1. The molecule has 1 aliphatic heterocycles. The SMILES string of the molecule is COC(=O)C1=C(Nc2cc(OC)ccc2NC(=O)C(C)C)C(=O)N(CCO)C1. The summed E-state index contributed by atoms with van der Waals surface area (Å²) in [5, 5.41) is 14.9. The summed E-state index contributed by atoms with van der Waals surface area (Å²) in [4.78, 5) is 38.3. The number of nitrogens with one attached hydrogen (secondary N) is 2. The second kappa shape index (κ2) is 9.23. The molecular formula is C19H25N3O6. The van der Waals surface area contributed by atoms with Gasteiger partial charge in [-0.15, -0.1) is 0 Å². The van der Waals surface area contributed by atoms with Crippen molar-refractivity contribution in [1.29, 1.82) is 0 Å². The van der Waals surface area contributed by atoms with Crippen molar-refractivity contribution in [3.63, 3.8) is 0 Å². The fourth-order valence-corrected chi connectivity index (χ4v) is 2.62. The molecule has 1 heterocycles. The van der Waals surface area contributed by atoms with Crippen LogP contribution in [0.15, 0.2) is 29.5 Å². The Hall–Kier alpha value is -3.07. The molecule has 1 aromatic carbocycles. The number of methoxy groups -OCH3 is 2. The fraction of sp³-hybridized carbons (Fsp3) is 0.421. The number of ether oxygens (including phenoxy) is 2. The number of β-amino-alcohol motifs (C(OH)–C–C–N with tert-alkyl or cyclic N) is 1. The molecule has 0 spiro atoms. The van der Waals surface area contributed by atoms with Crippen molar-refractivity contribution in [3.05, 3.63) is 29.5 Å². The zero-order valence-corrected chi connectivity index (χ0v) is 16.4. The molecule has 2 amide bonds. The molecule has 3 N–H and O–H groups in total. The first-order valence-electron chi connectivity index (χ1n) is 8.79. The van der Waals surface area contributed by atoms with Gasteiger partial charge in [-0.1, -0.05) is 13.8 Å². The van der Waals surface area contributed by atoms with Crippen LogP contribution in [0.4, 0.5) is 11.4 Å². The summed E-state index contributed by atoms with van der Waals surface area (Å²) < 4.78 is 10.00. The highest BCUT2D eigenvalue weighted by molar-refractivity contribution is 6.09. The zero-order chi connectivity index (χ0) is 20.8. The molecule has 0 unspecified atom stereocenters. The second-order valence-corrected chi connectivity index (χ2v) is 6.48. The van der Waals surface area contributed by atoms with Crippen molar-refractivity contribution >= 4 is 29.2 Å². The number of nitrogens with zero attached hydrogens (tertiary/aromatic N) is 1. The molecule has 0 radical (unpaired) electrons. The van der Waals surface area contributed by atoms with Crippen LogP contribution in [0.25, 0.3) is 0 Å². The van der Waals surface area contributed by atoms with E-state index < -0.39 is 11.9 Å². The third-order valence-electron chi connectivity index (χ3n) is 4.22. The minimum Gasteiger partial charge on any atom is -0.497 e. The summed E-state index contributed by atoms with van der Waals surface area (Å²) in [7, 11) is 2.72. The molecule has 0 atom stereocenters. The normalized spacial score (nSPS) is 13.8. The molecule has 9 heteroatoms. The van der Waals surface area contributed by atoms with Gasteiger partial charge >= 0.3 is 5.97 Å². The molecule has 0 aliphatic carbocycles. The van der Waals surface area contributed by atoms with Gasteiger partial charge in [-0.05, 0) is 12.1 Å². The molecule has 0 fully saturated rings. The van der Waals surface area contributed by atoms with Crippen molar-refractivity contribution in [2.45, 2.75) is 13.8 Å². The van der Waals surface area contributed by atoms with Crippen LogP contribution in [0.5, 0.6) is 5.75 Å². The first-order chi connectivity index (χ1) is 13.3. The maximum Gasteiger partial charge on any atom is 0.337 e. The predicted molar refractivity (Wildman–Crippen MR) is 103 cm³/mol. The van der Waals surface area contributed by atoms with Crippen LogP contribution in [0.2, 0.25) is 0 Å². The van der Waals surface area contributed by atoms with E-state index in [1.807, 2.05) is 0 Å². The lowest BCUT2D eigenvalue weighted by Gasteiger charge is -2.17. The van der Waals surface area contributed by atoms with Gasteiger partial charge in [0.2, 0.25) is 5.91 Å². The average Bonchev–Trinajstić information content (AvgIpc) is 2.98. The number of carbonyl (C=O) groups is 3. The van der Waals surface area contributed by atoms with Gasteiger partial charge in [-0.2, -0.15) is 0 Å². The summed E-state index contributed by atoms with van der Waals surface area (Å²) >= 11 is 0. The fourth-order valence-electron chi connectivity index (χ4n) is 2.62. The van der Waals surface area contributed by atoms with Gasteiger partial charge in [0.1, 0.15) is 11.4 Å². The molecule has 28 heavy (non-hydrogen) atoms. The number of rotatable bonds is 8. The van der Waals surface area contributed by atoms with E-state index >= 15 is 0 Å². The van der Waals surface area contributed by atoms with Crippen molar-refractivity contribution in [3.8, 4) is 5.75 Å².